The molecule has 0 saturated heterocycles. The maximum Gasteiger partial charge on any atom is 0.0606 e. The average molecular weight is 360 g/mol. The Kier molecular flexibility index (Phi) is 18.3. The fraction of sp³-hybridized carbons (Fsp3) is 0.182. The summed E-state index contributed by atoms with van der Waals surface area (Å²) in [4.78, 5) is 2.00. The normalized spacial score (nSPS) is 8.40. The van der Waals surface area contributed by atoms with Crippen LogP contribution in [0.2, 0.25) is 0 Å². The van der Waals surface area contributed by atoms with Gasteiger partial charge in [0.2, 0.25) is 0 Å². The van der Waals surface area contributed by atoms with Crippen LogP contribution in [0.5, 0.6) is 0 Å². The summed E-state index contributed by atoms with van der Waals surface area (Å²) in [6.07, 6.45) is 5.49. The van der Waals surface area contributed by atoms with Gasteiger partial charge < -0.3 is 4.90 Å². The minimum atomic E-state index is 1.14. The summed E-state index contributed by atoms with van der Waals surface area (Å²) < 4.78 is 3.72. The first-order chi connectivity index (χ1) is 12.0. The molecule has 2 nitrogen and oxygen atoms in total. The fourth-order valence-corrected chi connectivity index (χ4v) is 1.47. The van der Waals surface area contributed by atoms with Crippen molar-refractivity contribution in [3.8, 4) is 0 Å². The third-order valence-electron chi connectivity index (χ3n) is 2.47. The van der Waals surface area contributed by atoms with Crippen molar-refractivity contribution in [3.63, 3.8) is 0 Å². The Morgan fingerprint density at radius 1 is 0.760 bits per heavy atom. The molecule has 0 heterocycles. The standard InChI is InChI=1S/C10H10.C8H8.C3H9N.CH3ClO/c1-3-9-7-5-6-8-10(9)4-2;1-2-8-6-4-3-5-7-8;1-4(2)3;1-3-2/h3-8H,1-2H2;2-7H,1H2;1-3H3;1H3. The van der Waals surface area contributed by atoms with Gasteiger partial charge in [-0.15, -0.1) is 0 Å². The molecule has 0 spiro atoms. The molecule has 0 unspecified atom stereocenters. The van der Waals surface area contributed by atoms with Gasteiger partial charge in [0, 0.05) is 0 Å². The van der Waals surface area contributed by atoms with Crippen molar-refractivity contribution < 1.29 is 4.29 Å². The van der Waals surface area contributed by atoms with Crippen molar-refractivity contribution in [1.29, 1.82) is 0 Å². The van der Waals surface area contributed by atoms with E-state index in [0.29, 0.717) is 0 Å². The molecule has 0 saturated carbocycles. The van der Waals surface area contributed by atoms with E-state index in [1.807, 2.05) is 98.9 Å². The average Bonchev–Trinajstić information content (AvgIpc) is 2.63. The van der Waals surface area contributed by atoms with E-state index in [4.69, 9.17) is 0 Å². The molecular weight excluding hydrogens is 330 g/mol. The Labute approximate surface area is 158 Å². The Hall–Kier alpha value is -2.13. The molecule has 0 aromatic heterocycles. The van der Waals surface area contributed by atoms with E-state index >= 15 is 0 Å². The van der Waals surface area contributed by atoms with E-state index in [-0.39, 0.29) is 0 Å². The lowest BCUT2D eigenvalue weighted by Crippen LogP contribution is -1.99. The summed E-state index contributed by atoms with van der Waals surface area (Å²) in [5, 5.41) is 0. The van der Waals surface area contributed by atoms with Crippen LogP contribution >= 0.6 is 11.9 Å². The third kappa shape index (κ3) is 16.5. The summed E-state index contributed by atoms with van der Waals surface area (Å²) in [6.45, 7) is 11.0. The summed E-state index contributed by atoms with van der Waals surface area (Å²) in [5.74, 6) is 0. The van der Waals surface area contributed by atoms with Gasteiger partial charge in [0.15, 0.2) is 0 Å². The zero-order valence-electron chi connectivity index (χ0n) is 15.8. The fourth-order valence-electron chi connectivity index (χ4n) is 1.47. The molecule has 0 atom stereocenters. The maximum atomic E-state index is 4.50. The lowest BCUT2D eigenvalue weighted by atomic mass is 10.1. The first kappa shape index (κ1) is 25.1. The van der Waals surface area contributed by atoms with Gasteiger partial charge in [-0.2, -0.15) is 0 Å². The second-order valence-corrected chi connectivity index (χ2v) is 5.46. The SMILES string of the molecule is C=Cc1ccccc1.C=Cc1ccccc1C=C.CN(C)C.COCl. The van der Waals surface area contributed by atoms with Gasteiger partial charge in [0.05, 0.1) is 19.0 Å². The van der Waals surface area contributed by atoms with Crippen LogP contribution in [0.25, 0.3) is 18.2 Å². The smallest absolute Gasteiger partial charge is 0.0606 e. The minimum absolute atomic E-state index is 1.14. The molecule has 0 radical (unpaired) electrons. The van der Waals surface area contributed by atoms with Crippen LogP contribution in [0.3, 0.4) is 0 Å². The summed E-state index contributed by atoms with van der Waals surface area (Å²) >= 11 is 4.50. The molecule has 0 aliphatic rings. The molecule has 25 heavy (non-hydrogen) atoms. The minimum Gasteiger partial charge on any atom is -0.312 e. The van der Waals surface area contributed by atoms with E-state index in [2.05, 4.69) is 35.9 Å². The number of benzene rings is 2. The van der Waals surface area contributed by atoms with Crippen LogP contribution in [0.15, 0.2) is 74.3 Å². The highest BCUT2D eigenvalue weighted by molar-refractivity contribution is 6.07. The Balaban J connectivity index is 0. The van der Waals surface area contributed by atoms with Gasteiger partial charge in [-0.3, -0.25) is 4.29 Å². The van der Waals surface area contributed by atoms with Gasteiger partial charge in [-0.05, 0) is 37.8 Å². The van der Waals surface area contributed by atoms with E-state index in [0.717, 1.165) is 11.1 Å². The van der Waals surface area contributed by atoms with Gasteiger partial charge in [-0.1, -0.05) is 92.6 Å². The first-order valence-corrected chi connectivity index (χ1v) is 8.04. The van der Waals surface area contributed by atoms with Crippen molar-refractivity contribution in [3.05, 3.63) is 91.0 Å². The van der Waals surface area contributed by atoms with Crippen LogP contribution in [-0.4, -0.2) is 33.2 Å². The van der Waals surface area contributed by atoms with Crippen molar-refractivity contribution >= 4 is 30.1 Å². The summed E-state index contributed by atoms with van der Waals surface area (Å²) in [5.41, 5.74) is 3.45. The topological polar surface area (TPSA) is 12.5 Å². The largest absolute Gasteiger partial charge is 0.312 e. The monoisotopic (exact) mass is 359 g/mol. The molecule has 2 aromatic rings. The van der Waals surface area contributed by atoms with Crippen LogP contribution in [-0.2, 0) is 4.29 Å². The van der Waals surface area contributed by atoms with Gasteiger partial charge in [0.1, 0.15) is 0 Å². The Morgan fingerprint density at radius 3 is 1.32 bits per heavy atom. The maximum absolute atomic E-state index is 4.50. The molecule has 2 rings (SSSR count). The number of halogens is 1. The molecule has 136 valence electrons. The van der Waals surface area contributed by atoms with Crippen molar-refractivity contribution in [2.45, 2.75) is 0 Å². The van der Waals surface area contributed by atoms with Crippen molar-refractivity contribution in [2.75, 3.05) is 28.3 Å². The highest BCUT2D eigenvalue weighted by atomic mass is 35.5. The van der Waals surface area contributed by atoms with E-state index in [1.54, 1.807) is 0 Å². The van der Waals surface area contributed by atoms with E-state index < -0.39 is 0 Å². The van der Waals surface area contributed by atoms with Crippen molar-refractivity contribution in [2.24, 2.45) is 0 Å². The zero-order valence-corrected chi connectivity index (χ0v) is 16.5. The highest BCUT2D eigenvalue weighted by Gasteiger charge is 1.89. The molecule has 0 bridgehead atoms. The van der Waals surface area contributed by atoms with Gasteiger partial charge in [-0.25, -0.2) is 0 Å². The number of nitrogens with zero attached hydrogens (tertiary/aromatic N) is 1. The molecule has 0 aliphatic heterocycles. The first-order valence-electron chi connectivity index (χ1n) is 7.73. The highest BCUT2D eigenvalue weighted by Crippen LogP contribution is 2.10. The Morgan fingerprint density at radius 2 is 1.08 bits per heavy atom. The van der Waals surface area contributed by atoms with Crippen LogP contribution < -0.4 is 0 Å². The predicted octanol–water partition coefficient (Wildman–Crippen LogP) is 6.27. The van der Waals surface area contributed by atoms with E-state index in [1.165, 1.54) is 12.7 Å². The summed E-state index contributed by atoms with van der Waals surface area (Å²) in [6, 6.07) is 18.0. The molecule has 3 heteroatoms. The van der Waals surface area contributed by atoms with Crippen LogP contribution in [0.4, 0.5) is 0 Å². The number of rotatable bonds is 3. The lowest BCUT2D eigenvalue weighted by molar-refractivity contribution is 0.463. The van der Waals surface area contributed by atoms with Crippen LogP contribution in [0.1, 0.15) is 16.7 Å². The van der Waals surface area contributed by atoms with Gasteiger partial charge in [0.25, 0.3) is 0 Å². The summed E-state index contributed by atoms with van der Waals surface area (Å²) in [7, 11) is 7.39. The van der Waals surface area contributed by atoms with E-state index in [9.17, 15) is 0 Å². The third-order valence-corrected chi connectivity index (χ3v) is 2.47. The van der Waals surface area contributed by atoms with Crippen molar-refractivity contribution in [1.82, 2.24) is 4.90 Å². The molecule has 0 fully saturated rings. The van der Waals surface area contributed by atoms with Crippen LogP contribution in [0, 0.1) is 0 Å². The molecule has 0 N–H and O–H groups in total. The quantitative estimate of drug-likeness (QED) is 0.640. The van der Waals surface area contributed by atoms with Gasteiger partial charge >= 0.3 is 0 Å². The Bertz CT molecular complexity index is 550. The molecule has 0 amide bonds. The lowest BCUT2D eigenvalue weighted by Gasteiger charge is -1.96. The number of hydrogen-bond donors (Lipinski definition) is 0. The second kappa shape index (κ2) is 18.2. The molecule has 0 aliphatic carbocycles. The molecular formula is C22H30ClNO. The number of hydrogen-bond acceptors (Lipinski definition) is 2. The zero-order chi connectivity index (χ0) is 19.5. The second-order valence-electron chi connectivity index (χ2n) is 5.15. The predicted molar refractivity (Wildman–Crippen MR) is 116 cm³/mol. The molecule has 2 aromatic carbocycles.